The van der Waals surface area contributed by atoms with E-state index in [1.807, 2.05) is 12.1 Å². The Bertz CT molecular complexity index is 2040. The molecule has 0 fully saturated rings. The van der Waals surface area contributed by atoms with Crippen molar-refractivity contribution in [1.82, 2.24) is 9.55 Å². The van der Waals surface area contributed by atoms with E-state index in [4.69, 9.17) is 9.40 Å². The minimum Gasteiger partial charge on any atom is -0.456 e. The van der Waals surface area contributed by atoms with E-state index in [1.165, 1.54) is 40.1 Å². The molecule has 0 saturated heterocycles. The van der Waals surface area contributed by atoms with Crippen molar-refractivity contribution in [3.63, 3.8) is 0 Å². The molecular weight excluding hydrogens is 507 g/mol. The van der Waals surface area contributed by atoms with Gasteiger partial charge in [0.05, 0.1) is 16.7 Å². The number of furan rings is 1. The van der Waals surface area contributed by atoms with E-state index in [2.05, 4.69) is 105 Å². The maximum atomic E-state index is 13.9. The van der Waals surface area contributed by atoms with Gasteiger partial charge in [-0.1, -0.05) is 70.2 Å². The number of nitrogens with zero attached hydrogens (tertiary/aromatic N) is 2. The summed E-state index contributed by atoms with van der Waals surface area (Å²) in [4.78, 5) is 5.20. The zero-order valence-corrected chi connectivity index (χ0v) is 23.7. The molecule has 0 bridgehead atoms. The summed E-state index contributed by atoms with van der Waals surface area (Å²) in [5.74, 6) is 1.14. The van der Waals surface area contributed by atoms with Crippen molar-refractivity contribution in [3.05, 3.63) is 120 Å². The van der Waals surface area contributed by atoms with Gasteiger partial charge in [0.1, 0.15) is 22.8 Å². The number of hydrogen-bond acceptors (Lipinski definition) is 2. The molecule has 0 saturated carbocycles. The monoisotopic (exact) mass is 538 g/mol. The van der Waals surface area contributed by atoms with Crippen LogP contribution in [0, 0.1) is 5.82 Å². The molecule has 7 rings (SSSR count). The van der Waals surface area contributed by atoms with Gasteiger partial charge >= 0.3 is 0 Å². The van der Waals surface area contributed by atoms with E-state index in [-0.39, 0.29) is 17.7 Å². The third kappa shape index (κ3) is 4.22. The molecule has 5 aromatic carbocycles. The van der Waals surface area contributed by atoms with Crippen molar-refractivity contribution in [2.75, 3.05) is 0 Å². The molecule has 0 atom stereocenters. The average Bonchev–Trinajstić information content (AvgIpc) is 3.54. The molecule has 0 N–H and O–H groups in total. The van der Waals surface area contributed by atoms with E-state index in [1.54, 1.807) is 6.07 Å². The molecule has 202 valence electrons. The number of aromatic nitrogens is 2. The molecule has 0 aliphatic carbocycles. The van der Waals surface area contributed by atoms with E-state index < -0.39 is 0 Å². The van der Waals surface area contributed by atoms with E-state index in [0.717, 1.165) is 38.8 Å². The molecule has 0 unspecified atom stereocenters. The topological polar surface area (TPSA) is 31.0 Å². The first-order valence-electron chi connectivity index (χ1n) is 14.2. The third-order valence-corrected chi connectivity index (χ3v) is 8.00. The van der Waals surface area contributed by atoms with Gasteiger partial charge in [-0.2, -0.15) is 0 Å². The number of rotatable bonds is 5. The Kier molecular flexibility index (Phi) is 6.01. The van der Waals surface area contributed by atoms with Gasteiger partial charge in [0, 0.05) is 22.4 Å². The second kappa shape index (κ2) is 9.74. The van der Waals surface area contributed by atoms with Gasteiger partial charge in [-0.3, -0.25) is 4.57 Å². The molecule has 0 spiro atoms. The quantitative estimate of drug-likeness (QED) is 0.218. The number of halogens is 1. The molecule has 0 amide bonds. The predicted molar refractivity (Wildman–Crippen MR) is 167 cm³/mol. The third-order valence-electron chi connectivity index (χ3n) is 8.00. The molecular formula is C37H31FN2O. The summed E-state index contributed by atoms with van der Waals surface area (Å²) in [6, 6.07) is 34.5. The summed E-state index contributed by atoms with van der Waals surface area (Å²) in [5, 5.41) is 1.84. The SMILES string of the molecule is CC(C)c1cc(-c2ccccc2)cc(C(C)C)c1-n1c(-c2ccc3oc4cc(F)ccc4c3c2)nc2ccccc21. The minimum atomic E-state index is -0.306. The van der Waals surface area contributed by atoms with Crippen molar-refractivity contribution >= 4 is 33.0 Å². The smallest absolute Gasteiger partial charge is 0.145 e. The van der Waals surface area contributed by atoms with Crippen molar-refractivity contribution in [2.24, 2.45) is 0 Å². The lowest BCUT2D eigenvalue weighted by Gasteiger charge is -2.24. The highest BCUT2D eigenvalue weighted by molar-refractivity contribution is 6.06. The lowest BCUT2D eigenvalue weighted by Crippen LogP contribution is -2.09. The Morgan fingerprint density at radius 1 is 0.634 bits per heavy atom. The molecule has 4 heteroatoms. The molecule has 2 aromatic heterocycles. The molecule has 0 aliphatic rings. The summed E-state index contributed by atoms with van der Waals surface area (Å²) in [6.45, 7) is 9.05. The fourth-order valence-electron chi connectivity index (χ4n) is 5.95. The van der Waals surface area contributed by atoms with Crippen LogP contribution in [0.3, 0.4) is 0 Å². The lowest BCUT2D eigenvalue weighted by molar-refractivity contribution is 0.618. The van der Waals surface area contributed by atoms with Gasteiger partial charge < -0.3 is 4.42 Å². The van der Waals surface area contributed by atoms with Crippen LogP contribution in [-0.2, 0) is 0 Å². The molecule has 41 heavy (non-hydrogen) atoms. The van der Waals surface area contributed by atoms with Crippen LogP contribution in [0.25, 0.3) is 61.2 Å². The Balaban J connectivity index is 1.54. The summed E-state index contributed by atoms with van der Waals surface area (Å²) in [6.07, 6.45) is 0. The second-order valence-corrected chi connectivity index (χ2v) is 11.4. The number of hydrogen-bond donors (Lipinski definition) is 0. The largest absolute Gasteiger partial charge is 0.456 e. The molecule has 0 aliphatic heterocycles. The Hall–Kier alpha value is -4.70. The average molecular weight is 539 g/mol. The maximum Gasteiger partial charge on any atom is 0.145 e. The lowest BCUT2D eigenvalue weighted by atomic mass is 9.88. The maximum absolute atomic E-state index is 13.9. The van der Waals surface area contributed by atoms with Gasteiger partial charge in [0.2, 0.25) is 0 Å². The summed E-state index contributed by atoms with van der Waals surface area (Å²) < 4.78 is 22.3. The Morgan fingerprint density at radius 3 is 2.07 bits per heavy atom. The van der Waals surface area contributed by atoms with Crippen molar-refractivity contribution in [2.45, 2.75) is 39.5 Å². The van der Waals surface area contributed by atoms with E-state index in [9.17, 15) is 4.39 Å². The number of benzene rings is 5. The zero-order valence-electron chi connectivity index (χ0n) is 23.7. The normalized spacial score (nSPS) is 12.0. The van der Waals surface area contributed by atoms with Crippen LogP contribution < -0.4 is 0 Å². The highest BCUT2D eigenvalue weighted by atomic mass is 19.1. The first kappa shape index (κ1) is 25.3. The molecule has 3 nitrogen and oxygen atoms in total. The van der Waals surface area contributed by atoms with E-state index in [0.29, 0.717) is 5.58 Å². The van der Waals surface area contributed by atoms with E-state index >= 15 is 0 Å². The van der Waals surface area contributed by atoms with Crippen LogP contribution in [0.1, 0.15) is 50.7 Å². The van der Waals surface area contributed by atoms with Crippen LogP contribution >= 0.6 is 0 Å². The molecule has 2 heterocycles. The molecule has 0 radical (unpaired) electrons. The summed E-state index contributed by atoms with van der Waals surface area (Å²) in [7, 11) is 0. The van der Waals surface area contributed by atoms with Gasteiger partial charge in [0.15, 0.2) is 0 Å². The fourth-order valence-corrected chi connectivity index (χ4v) is 5.95. The highest BCUT2D eigenvalue weighted by Crippen LogP contribution is 2.41. The number of para-hydroxylation sites is 2. The van der Waals surface area contributed by atoms with Crippen LogP contribution in [0.5, 0.6) is 0 Å². The summed E-state index contributed by atoms with van der Waals surface area (Å²) >= 11 is 0. The standard InChI is InChI=1S/C37H31FN2O/c1-22(2)29-19-26(24-10-6-5-7-11-24)20-30(23(3)4)36(29)40-33-13-9-8-12-32(33)39-37(40)25-14-17-34-31(18-25)28-16-15-27(38)21-35(28)41-34/h5-23H,1-4H3. The predicted octanol–water partition coefficient (Wildman–Crippen LogP) is 10.6. The Labute approximate surface area is 238 Å². The first-order valence-corrected chi connectivity index (χ1v) is 14.2. The van der Waals surface area contributed by atoms with Gasteiger partial charge in [-0.05, 0) is 88.7 Å². The van der Waals surface area contributed by atoms with Crippen LogP contribution in [0.2, 0.25) is 0 Å². The van der Waals surface area contributed by atoms with Gasteiger partial charge in [-0.15, -0.1) is 0 Å². The van der Waals surface area contributed by atoms with Crippen molar-refractivity contribution < 1.29 is 8.81 Å². The van der Waals surface area contributed by atoms with Gasteiger partial charge in [0.25, 0.3) is 0 Å². The van der Waals surface area contributed by atoms with Gasteiger partial charge in [-0.25, -0.2) is 9.37 Å². The Morgan fingerprint density at radius 2 is 1.34 bits per heavy atom. The zero-order chi connectivity index (χ0) is 28.2. The van der Waals surface area contributed by atoms with Crippen LogP contribution in [0.15, 0.2) is 108 Å². The van der Waals surface area contributed by atoms with Crippen LogP contribution in [0.4, 0.5) is 4.39 Å². The highest BCUT2D eigenvalue weighted by Gasteiger charge is 2.24. The van der Waals surface area contributed by atoms with Crippen LogP contribution in [-0.4, -0.2) is 9.55 Å². The fraction of sp³-hybridized carbons (Fsp3) is 0.162. The first-order chi connectivity index (χ1) is 19.9. The summed E-state index contributed by atoms with van der Waals surface area (Å²) in [5.41, 5.74) is 10.5. The van der Waals surface area contributed by atoms with Crippen molar-refractivity contribution in [3.8, 4) is 28.2 Å². The second-order valence-electron chi connectivity index (χ2n) is 11.4. The minimum absolute atomic E-state index is 0.287. The number of fused-ring (bicyclic) bond motifs is 4. The molecule has 7 aromatic rings. The number of imidazole rings is 1. The van der Waals surface area contributed by atoms with Crippen molar-refractivity contribution in [1.29, 1.82) is 0 Å².